The molecule has 0 saturated heterocycles. The second kappa shape index (κ2) is 7.68. The van der Waals surface area contributed by atoms with E-state index in [9.17, 15) is 4.79 Å². The van der Waals surface area contributed by atoms with Crippen molar-refractivity contribution in [1.29, 1.82) is 0 Å². The average Bonchev–Trinajstić information content (AvgIpc) is 2.98. The van der Waals surface area contributed by atoms with Gasteiger partial charge in [0.25, 0.3) is 0 Å². The van der Waals surface area contributed by atoms with Crippen LogP contribution >= 0.6 is 22.6 Å². The molecule has 3 aromatic rings. The van der Waals surface area contributed by atoms with E-state index in [1.54, 1.807) is 9.58 Å². The van der Waals surface area contributed by atoms with Gasteiger partial charge in [-0.25, -0.2) is 14.5 Å². The molecular formula is C21H25IN6O2. The molecule has 3 heterocycles. The van der Waals surface area contributed by atoms with E-state index >= 15 is 0 Å². The first-order valence-corrected chi connectivity index (χ1v) is 10.9. The third-order valence-corrected chi connectivity index (χ3v) is 5.93. The summed E-state index contributed by atoms with van der Waals surface area (Å²) in [5.41, 5.74) is 2.23. The van der Waals surface area contributed by atoms with Crippen molar-refractivity contribution in [3.8, 4) is 0 Å². The number of rotatable bonds is 2. The SMILES string of the molecule is CN(c1ncc2c(I)nn(C)c2n1)C1Cc2ccccc2N(C(=O)OC(C)(C)C)C1. The highest BCUT2D eigenvalue weighted by Gasteiger charge is 2.34. The summed E-state index contributed by atoms with van der Waals surface area (Å²) in [5.74, 6) is 0.607. The third-order valence-electron chi connectivity index (χ3n) is 5.13. The summed E-state index contributed by atoms with van der Waals surface area (Å²) in [4.78, 5) is 26.0. The second-order valence-electron chi connectivity index (χ2n) is 8.51. The minimum atomic E-state index is -0.560. The Morgan fingerprint density at radius 1 is 1.30 bits per heavy atom. The van der Waals surface area contributed by atoms with Crippen LogP contribution in [0.1, 0.15) is 26.3 Å². The number of benzene rings is 1. The summed E-state index contributed by atoms with van der Waals surface area (Å²) in [6.45, 7) is 6.13. The molecule has 0 bridgehead atoms. The molecule has 8 nitrogen and oxygen atoms in total. The Kier molecular flexibility index (Phi) is 5.33. The summed E-state index contributed by atoms with van der Waals surface area (Å²) in [6, 6.07) is 7.98. The van der Waals surface area contributed by atoms with E-state index < -0.39 is 5.60 Å². The number of nitrogens with zero attached hydrogens (tertiary/aromatic N) is 6. The first kappa shape index (κ1) is 20.8. The summed E-state index contributed by atoms with van der Waals surface area (Å²) < 4.78 is 8.31. The molecule has 0 spiro atoms. The van der Waals surface area contributed by atoms with Gasteiger partial charge in [0.2, 0.25) is 5.95 Å². The van der Waals surface area contributed by atoms with Crippen LogP contribution in [0.2, 0.25) is 0 Å². The maximum Gasteiger partial charge on any atom is 0.414 e. The summed E-state index contributed by atoms with van der Waals surface area (Å²) in [5, 5.41) is 5.35. The van der Waals surface area contributed by atoms with Gasteiger partial charge in [0.1, 0.15) is 9.30 Å². The quantitative estimate of drug-likeness (QED) is 0.479. The Hall–Kier alpha value is -2.43. The number of carbonyl (C=O) groups excluding carboxylic acids is 1. The van der Waals surface area contributed by atoms with E-state index in [1.807, 2.05) is 64.2 Å². The van der Waals surface area contributed by atoms with Crippen LogP contribution in [0.3, 0.4) is 0 Å². The molecule has 0 aliphatic carbocycles. The third kappa shape index (κ3) is 3.94. The number of likely N-dealkylation sites (N-methyl/N-ethyl adjacent to an activating group) is 1. The molecule has 158 valence electrons. The molecule has 0 fully saturated rings. The first-order chi connectivity index (χ1) is 14.1. The van der Waals surface area contributed by atoms with Crippen LogP contribution in [0.5, 0.6) is 0 Å². The zero-order valence-corrected chi connectivity index (χ0v) is 19.9. The molecule has 1 aliphatic rings. The lowest BCUT2D eigenvalue weighted by atomic mass is 9.97. The Labute approximate surface area is 189 Å². The van der Waals surface area contributed by atoms with Crippen LogP contribution in [0.4, 0.5) is 16.4 Å². The van der Waals surface area contributed by atoms with Crippen molar-refractivity contribution >= 4 is 51.4 Å². The number of aryl methyl sites for hydroxylation is 1. The van der Waals surface area contributed by atoms with Crippen molar-refractivity contribution < 1.29 is 9.53 Å². The van der Waals surface area contributed by atoms with Gasteiger partial charge in [-0.1, -0.05) is 18.2 Å². The van der Waals surface area contributed by atoms with Gasteiger partial charge in [0.15, 0.2) is 5.65 Å². The number of hydrogen-bond donors (Lipinski definition) is 0. The lowest BCUT2D eigenvalue weighted by Crippen LogP contribution is -2.51. The monoisotopic (exact) mass is 520 g/mol. The van der Waals surface area contributed by atoms with Crippen LogP contribution in [-0.2, 0) is 18.2 Å². The number of carbonyl (C=O) groups is 1. The molecule has 1 atom stereocenters. The van der Waals surface area contributed by atoms with Crippen LogP contribution in [0.15, 0.2) is 30.5 Å². The second-order valence-corrected chi connectivity index (χ2v) is 9.53. The number of amides is 1. The van der Waals surface area contributed by atoms with Gasteiger partial charge in [0.05, 0.1) is 23.7 Å². The minimum Gasteiger partial charge on any atom is -0.443 e. The zero-order chi connectivity index (χ0) is 21.6. The molecule has 2 aromatic heterocycles. The Balaban J connectivity index is 1.66. The number of fused-ring (bicyclic) bond motifs is 2. The lowest BCUT2D eigenvalue weighted by Gasteiger charge is -2.39. The summed E-state index contributed by atoms with van der Waals surface area (Å²) in [6.07, 6.45) is 2.26. The number of aromatic nitrogens is 4. The van der Waals surface area contributed by atoms with Gasteiger partial charge in [0, 0.05) is 20.3 Å². The molecule has 30 heavy (non-hydrogen) atoms. The Morgan fingerprint density at radius 3 is 2.77 bits per heavy atom. The highest BCUT2D eigenvalue weighted by Crippen LogP contribution is 2.31. The van der Waals surface area contributed by atoms with Crippen molar-refractivity contribution in [2.75, 3.05) is 23.4 Å². The highest BCUT2D eigenvalue weighted by atomic mass is 127. The van der Waals surface area contributed by atoms with E-state index in [2.05, 4.69) is 38.7 Å². The van der Waals surface area contributed by atoms with Gasteiger partial charge in [-0.3, -0.25) is 4.90 Å². The molecule has 1 amide bonds. The van der Waals surface area contributed by atoms with Gasteiger partial charge < -0.3 is 9.64 Å². The zero-order valence-electron chi connectivity index (χ0n) is 17.8. The van der Waals surface area contributed by atoms with Crippen LogP contribution in [-0.4, -0.2) is 51.1 Å². The molecule has 1 unspecified atom stereocenters. The number of ether oxygens (including phenoxy) is 1. The maximum atomic E-state index is 12.9. The first-order valence-electron chi connectivity index (χ1n) is 9.80. The van der Waals surface area contributed by atoms with E-state index in [4.69, 9.17) is 9.72 Å². The van der Waals surface area contributed by atoms with E-state index in [-0.39, 0.29) is 12.1 Å². The van der Waals surface area contributed by atoms with Crippen molar-refractivity contribution in [2.45, 2.75) is 38.8 Å². The van der Waals surface area contributed by atoms with Gasteiger partial charge in [-0.15, -0.1) is 0 Å². The fourth-order valence-electron chi connectivity index (χ4n) is 3.65. The fraction of sp³-hybridized carbons (Fsp3) is 0.429. The molecule has 1 aromatic carbocycles. The van der Waals surface area contributed by atoms with Crippen molar-refractivity contribution in [3.63, 3.8) is 0 Å². The van der Waals surface area contributed by atoms with Gasteiger partial charge >= 0.3 is 6.09 Å². The molecule has 1 aliphatic heterocycles. The number of para-hydroxylation sites is 1. The van der Waals surface area contributed by atoms with Crippen molar-refractivity contribution in [3.05, 3.63) is 39.7 Å². The van der Waals surface area contributed by atoms with E-state index in [0.29, 0.717) is 12.5 Å². The largest absolute Gasteiger partial charge is 0.443 e. The Bertz CT molecular complexity index is 1110. The average molecular weight is 520 g/mol. The molecule has 0 saturated carbocycles. The van der Waals surface area contributed by atoms with Crippen molar-refractivity contribution in [2.24, 2.45) is 7.05 Å². The van der Waals surface area contributed by atoms with Crippen LogP contribution in [0.25, 0.3) is 11.0 Å². The lowest BCUT2D eigenvalue weighted by molar-refractivity contribution is 0.0575. The van der Waals surface area contributed by atoms with Gasteiger partial charge in [-0.2, -0.15) is 10.1 Å². The molecule has 0 N–H and O–H groups in total. The standard InChI is InChI=1S/C21H25IN6O2/c1-21(2,3)30-20(29)28-12-14(10-13-8-6-7-9-16(13)28)26(4)19-23-11-15-17(22)25-27(5)18(15)24-19/h6-9,11,14H,10,12H2,1-5H3. The summed E-state index contributed by atoms with van der Waals surface area (Å²) >= 11 is 2.19. The number of anilines is 2. The topological polar surface area (TPSA) is 76.4 Å². The smallest absolute Gasteiger partial charge is 0.414 e. The fourth-order valence-corrected chi connectivity index (χ4v) is 4.35. The predicted molar refractivity (Wildman–Crippen MR) is 125 cm³/mol. The number of halogens is 1. The maximum absolute atomic E-state index is 12.9. The van der Waals surface area contributed by atoms with Crippen LogP contribution < -0.4 is 9.80 Å². The molecule has 0 radical (unpaired) electrons. The van der Waals surface area contributed by atoms with E-state index in [1.165, 1.54) is 0 Å². The normalized spacial score (nSPS) is 16.5. The van der Waals surface area contributed by atoms with Crippen LogP contribution in [0, 0.1) is 3.70 Å². The highest BCUT2D eigenvalue weighted by molar-refractivity contribution is 14.1. The minimum absolute atomic E-state index is 0.0113. The number of hydrogen-bond acceptors (Lipinski definition) is 6. The van der Waals surface area contributed by atoms with E-state index in [0.717, 1.165) is 32.4 Å². The molecule has 9 heteroatoms. The molecular weight excluding hydrogens is 495 g/mol. The van der Waals surface area contributed by atoms with Gasteiger partial charge in [-0.05, 0) is 61.4 Å². The van der Waals surface area contributed by atoms with Crippen molar-refractivity contribution in [1.82, 2.24) is 19.7 Å². The Morgan fingerprint density at radius 2 is 2.03 bits per heavy atom. The molecule has 4 rings (SSSR count). The predicted octanol–water partition coefficient (Wildman–Crippen LogP) is 3.77. The summed E-state index contributed by atoms with van der Waals surface area (Å²) in [7, 11) is 3.84.